The van der Waals surface area contributed by atoms with E-state index in [2.05, 4.69) is 20.7 Å². The van der Waals surface area contributed by atoms with Crippen molar-refractivity contribution in [2.45, 2.75) is 37.5 Å². The van der Waals surface area contributed by atoms with Gasteiger partial charge in [0, 0.05) is 11.7 Å². The Morgan fingerprint density at radius 2 is 2.48 bits per heavy atom. The van der Waals surface area contributed by atoms with Crippen LogP contribution in [-0.2, 0) is 16.1 Å². The summed E-state index contributed by atoms with van der Waals surface area (Å²) in [7, 11) is 0. The van der Waals surface area contributed by atoms with Crippen LogP contribution in [0.4, 0.5) is 5.95 Å². The fraction of sp³-hybridized carbons (Fsp3) is 0.615. The van der Waals surface area contributed by atoms with Crippen molar-refractivity contribution in [1.29, 1.82) is 0 Å². The summed E-state index contributed by atoms with van der Waals surface area (Å²) in [6, 6.07) is 0.160. The monoisotopic (exact) mass is 309 g/mol. The number of rotatable bonds is 5. The van der Waals surface area contributed by atoms with Crippen molar-refractivity contribution < 1.29 is 9.53 Å². The van der Waals surface area contributed by atoms with Gasteiger partial charge in [0.15, 0.2) is 0 Å². The lowest BCUT2D eigenvalue weighted by Crippen LogP contribution is -2.37. The molecule has 2 N–H and O–H groups in total. The van der Waals surface area contributed by atoms with Crippen LogP contribution >= 0.6 is 11.8 Å². The van der Waals surface area contributed by atoms with Crippen molar-refractivity contribution in [2.24, 2.45) is 0 Å². The van der Waals surface area contributed by atoms with Crippen LogP contribution in [0.1, 0.15) is 19.8 Å². The molecule has 0 spiro atoms. The van der Waals surface area contributed by atoms with Crippen LogP contribution in [-0.4, -0.2) is 46.2 Å². The van der Waals surface area contributed by atoms with Crippen molar-refractivity contribution in [1.82, 2.24) is 20.1 Å². The predicted molar refractivity (Wildman–Crippen MR) is 80.1 cm³/mol. The molecule has 2 heterocycles. The number of allylic oxidation sites excluding steroid dienone is 1. The SMILES string of the molecule is CCOC(=O)CNC1CCC2=C1Nc1nc(SC)nn1C2. The second kappa shape index (κ2) is 6.07. The van der Waals surface area contributed by atoms with E-state index in [-0.39, 0.29) is 18.6 Å². The molecule has 1 unspecified atom stereocenters. The van der Waals surface area contributed by atoms with Crippen molar-refractivity contribution >= 4 is 23.7 Å². The topological polar surface area (TPSA) is 81.1 Å². The number of hydrogen-bond donors (Lipinski definition) is 2. The number of aromatic nitrogens is 3. The smallest absolute Gasteiger partial charge is 0.319 e. The summed E-state index contributed by atoms with van der Waals surface area (Å²) in [5.74, 6) is 0.568. The summed E-state index contributed by atoms with van der Waals surface area (Å²) in [5, 5.41) is 11.8. The first-order valence-corrected chi connectivity index (χ1v) is 8.30. The third-order valence-corrected chi connectivity index (χ3v) is 4.22. The van der Waals surface area contributed by atoms with E-state index in [0.717, 1.165) is 36.2 Å². The number of thioether (sulfide) groups is 1. The Balaban J connectivity index is 1.65. The minimum Gasteiger partial charge on any atom is -0.465 e. The van der Waals surface area contributed by atoms with Crippen molar-refractivity contribution in [3.63, 3.8) is 0 Å². The molecule has 7 nitrogen and oxygen atoms in total. The van der Waals surface area contributed by atoms with Gasteiger partial charge in [0.2, 0.25) is 11.1 Å². The average Bonchev–Trinajstić information content (AvgIpc) is 3.05. The molecule has 1 aromatic heterocycles. The maximum absolute atomic E-state index is 11.4. The Hall–Kier alpha value is -1.54. The number of ether oxygens (including phenoxy) is 1. The lowest BCUT2D eigenvalue weighted by Gasteiger charge is -2.22. The van der Waals surface area contributed by atoms with Gasteiger partial charge in [0.1, 0.15) is 0 Å². The minimum atomic E-state index is -0.213. The van der Waals surface area contributed by atoms with E-state index in [1.807, 2.05) is 17.9 Å². The van der Waals surface area contributed by atoms with Gasteiger partial charge in [-0.1, -0.05) is 11.8 Å². The molecule has 0 bridgehead atoms. The van der Waals surface area contributed by atoms with Crippen LogP contribution in [0.5, 0.6) is 0 Å². The van der Waals surface area contributed by atoms with Gasteiger partial charge >= 0.3 is 5.97 Å². The summed E-state index contributed by atoms with van der Waals surface area (Å²) in [6.45, 7) is 3.24. The maximum Gasteiger partial charge on any atom is 0.319 e. The van der Waals surface area contributed by atoms with Crippen LogP contribution in [0.25, 0.3) is 0 Å². The highest BCUT2D eigenvalue weighted by Crippen LogP contribution is 2.33. The van der Waals surface area contributed by atoms with Crippen molar-refractivity contribution in [3.8, 4) is 0 Å². The van der Waals surface area contributed by atoms with Gasteiger partial charge in [-0.05, 0) is 31.6 Å². The van der Waals surface area contributed by atoms with Crippen LogP contribution in [0.15, 0.2) is 16.4 Å². The van der Waals surface area contributed by atoms with Crippen LogP contribution in [0.3, 0.4) is 0 Å². The summed E-state index contributed by atoms with van der Waals surface area (Å²) in [4.78, 5) is 15.9. The zero-order chi connectivity index (χ0) is 14.8. The molecule has 21 heavy (non-hydrogen) atoms. The zero-order valence-corrected chi connectivity index (χ0v) is 13.0. The first kappa shape index (κ1) is 14.4. The maximum atomic E-state index is 11.4. The van der Waals surface area contributed by atoms with E-state index >= 15 is 0 Å². The third kappa shape index (κ3) is 2.91. The Morgan fingerprint density at radius 1 is 1.62 bits per heavy atom. The largest absolute Gasteiger partial charge is 0.465 e. The first-order chi connectivity index (χ1) is 10.2. The van der Waals surface area contributed by atoms with Gasteiger partial charge in [-0.2, -0.15) is 4.98 Å². The lowest BCUT2D eigenvalue weighted by atomic mass is 10.2. The normalized spacial score (nSPS) is 20.0. The summed E-state index contributed by atoms with van der Waals surface area (Å²) >= 11 is 1.53. The molecular weight excluding hydrogens is 290 g/mol. The molecule has 1 aliphatic carbocycles. The molecule has 8 heteroatoms. The van der Waals surface area contributed by atoms with E-state index < -0.39 is 0 Å². The van der Waals surface area contributed by atoms with E-state index in [1.165, 1.54) is 17.3 Å². The predicted octanol–water partition coefficient (Wildman–Crippen LogP) is 0.995. The minimum absolute atomic E-state index is 0.160. The fourth-order valence-corrected chi connectivity index (χ4v) is 3.08. The van der Waals surface area contributed by atoms with Gasteiger partial charge in [-0.15, -0.1) is 5.10 Å². The molecule has 0 saturated heterocycles. The molecular formula is C13H19N5O2S. The lowest BCUT2D eigenvalue weighted by molar-refractivity contribution is -0.142. The zero-order valence-electron chi connectivity index (χ0n) is 12.2. The number of hydrogen-bond acceptors (Lipinski definition) is 7. The molecule has 1 aliphatic heterocycles. The quantitative estimate of drug-likeness (QED) is 0.620. The highest BCUT2D eigenvalue weighted by Gasteiger charge is 2.31. The second-order valence-corrected chi connectivity index (χ2v) is 5.77. The summed E-state index contributed by atoms with van der Waals surface area (Å²) < 4.78 is 6.85. The molecule has 0 saturated carbocycles. The van der Waals surface area contributed by atoms with E-state index in [9.17, 15) is 4.79 Å². The average molecular weight is 309 g/mol. The Morgan fingerprint density at radius 3 is 3.24 bits per heavy atom. The Bertz CT molecular complexity index is 583. The van der Waals surface area contributed by atoms with Crippen molar-refractivity contribution in [2.75, 3.05) is 24.7 Å². The van der Waals surface area contributed by atoms with E-state index in [0.29, 0.717) is 6.61 Å². The highest BCUT2D eigenvalue weighted by atomic mass is 32.2. The molecule has 0 radical (unpaired) electrons. The molecule has 0 fully saturated rings. The second-order valence-electron chi connectivity index (χ2n) is 5.00. The van der Waals surface area contributed by atoms with Crippen molar-refractivity contribution in [3.05, 3.63) is 11.3 Å². The Labute approximate surface area is 127 Å². The number of nitrogens with one attached hydrogen (secondary N) is 2. The van der Waals surface area contributed by atoms with Gasteiger partial charge in [0.25, 0.3) is 0 Å². The van der Waals surface area contributed by atoms with Crippen LogP contribution < -0.4 is 10.6 Å². The van der Waals surface area contributed by atoms with Gasteiger partial charge in [-0.3, -0.25) is 10.1 Å². The van der Waals surface area contributed by atoms with Gasteiger partial charge < -0.3 is 10.1 Å². The number of esters is 1. The number of nitrogens with zero attached hydrogens (tertiary/aromatic N) is 3. The Kier molecular flexibility index (Phi) is 4.16. The molecule has 3 rings (SSSR count). The summed E-state index contributed by atoms with van der Waals surface area (Å²) in [6.07, 6.45) is 3.96. The van der Waals surface area contributed by atoms with Crippen LogP contribution in [0, 0.1) is 0 Å². The molecule has 114 valence electrons. The molecule has 1 atom stereocenters. The van der Waals surface area contributed by atoms with Crippen LogP contribution in [0.2, 0.25) is 0 Å². The van der Waals surface area contributed by atoms with Gasteiger partial charge in [0.05, 0.1) is 19.7 Å². The fourth-order valence-electron chi connectivity index (χ4n) is 2.72. The molecule has 0 amide bonds. The molecule has 0 aromatic carbocycles. The highest BCUT2D eigenvalue weighted by molar-refractivity contribution is 7.98. The standard InChI is InChI=1S/C13H19N5O2S/c1-3-20-10(19)6-14-9-5-4-8-7-18-12(15-11(8)9)16-13(17-18)21-2/h9,14H,3-7H2,1-2H3,(H,15,16,17). The number of anilines is 1. The summed E-state index contributed by atoms with van der Waals surface area (Å²) in [5.41, 5.74) is 2.48. The molecule has 1 aromatic rings. The first-order valence-electron chi connectivity index (χ1n) is 7.08. The number of carbonyl (C=O) groups is 1. The number of carbonyl (C=O) groups excluding carboxylic acids is 1. The third-order valence-electron chi connectivity index (χ3n) is 3.68. The van der Waals surface area contributed by atoms with Gasteiger partial charge in [-0.25, -0.2) is 4.68 Å². The van der Waals surface area contributed by atoms with E-state index in [4.69, 9.17) is 4.74 Å². The number of fused-ring (bicyclic) bond motifs is 1. The molecule has 2 aliphatic rings. The van der Waals surface area contributed by atoms with E-state index in [1.54, 1.807) is 0 Å².